The molecule has 0 bridgehead atoms. The lowest BCUT2D eigenvalue weighted by Gasteiger charge is -2.22. The second-order valence-electron chi connectivity index (χ2n) is 5.34. The summed E-state index contributed by atoms with van der Waals surface area (Å²) in [4.78, 5) is 16.7. The number of carbonyl (C=O) groups is 1. The number of piperidine rings is 1. The number of fused-ring (bicyclic) bond motifs is 1. The predicted octanol–water partition coefficient (Wildman–Crippen LogP) is 3.32. The monoisotopic (exact) mass is 341 g/mol. The number of aryl methyl sites for hydroxylation is 1. The fourth-order valence-corrected chi connectivity index (χ4v) is 2.74. The molecule has 0 spiro atoms. The number of hydrogen-bond donors (Lipinski definition) is 2. The van der Waals surface area contributed by atoms with Crippen LogP contribution in [0, 0.1) is 12.8 Å². The lowest BCUT2D eigenvalue weighted by molar-refractivity contribution is -0.120. The fourth-order valence-electron chi connectivity index (χ4n) is 2.74. The molecule has 2 heterocycles. The summed E-state index contributed by atoms with van der Waals surface area (Å²) in [5.74, 6) is 0.241. The molecule has 0 saturated carbocycles. The van der Waals surface area contributed by atoms with Crippen molar-refractivity contribution in [2.24, 2.45) is 5.92 Å². The zero-order valence-electron chi connectivity index (χ0n) is 12.5. The molecule has 0 radical (unpaired) electrons. The molecule has 0 atom stereocenters. The normalized spacial score (nSPS) is 14.8. The number of carbonyl (C=O) groups excluding carboxylic acids is 1. The number of anilines is 1. The maximum atomic E-state index is 12.3. The van der Waals surface area contributed by atoms with E-state index in [0.29, 0.717) is 0 Å². The van der Waals surface area contributed by atoms with E-state index in [9.17, 15) is 4.79 Å². The summed E-state index contributed by atoms with van der Waals surface area (Å²) in [6.45, 7) is 3.89. The fraction of sp³-hybridized carbons (Fsp3) is 0.375. The molecule has 1 aromatic heterocycles. The smallest absolute Gasteiger partial charge is 0.227 e. The number of nitrogens with one attached hydrogen (secondary N) is 2. The quantitative estimate of drug-likeness (QED) is 0.880. The molecule has 1 aromatic carbocycles. The van der Waals surface area contributed by atoms with Crippen molar-refractivity contribution in [3.05, 3.63) is 36.0 Å². The molecule has 1 fully saturated rings. The molecule has 6 heteroatoms. The van der Waals surface area contributed by atoms with Crippen LogP contribution in [-0.2, 0) is 4.79 Å². The van der Waals surface area contributed by atoms with E-state index < -0.39 is 0 Å². The zero-order valence-corrected chi connectivity index (χ0v) is 14.1. The van der Waals surface area contributed by atoms with Gasteiger partial charge in [-0.1, -0.05) is 6.07 Å². The first kappa shape index (κ1) is 18.7. The van der Waals surface area contributed by atoms with Crippen molar-refractivity contribution in [2.45, 2.75) is 19.8 Å². The van der Waals surface area contributed by atoms with Crippen LogP contribution in [0.2, 0.25) is 0 Å². The maximum absolute atomic E-state index is 12.3. The van der Waals surface area contributed by atoms with Crippen LogP contribution in [0.25, 0.3) is 10.9 Å². The van der Waals surface area contributed by atoms with Gasteiger partial charge in [0.05, 0.1) is 11.2 Å². The minimum atomic E-state index is 0. The van der Waals surface area contributed by atoms with Crippen molar-refractivity contribution in [3.63, 3.8) is 0 Å². The molecule has 1 aliphatic heterocycles. The minimum Gasteiger partial charge on any atom is -0.325 e. The summed E-state index contributed by atoms with van der Waals surface area (Å²) in [6, 6.07) is 7.89. The average molecular weight is 342 g/mol. The molecule has 0 aliphatic carbocycles. The number of halogens is 2. The molecule has 2 aromatic rings. The van der Waals surface area contributed by atoms with Crippen molar-refractivity contribution in [3.8, 4) is 0 Å². The maximum Gasteiger partial charge on any atom is 0.227 e. The van der Waals surface area contributed by atoms with E-state index in [0.717, 1.165) is 48.1 Å². The van der Waals surface area contributed by atoms with Crippen molar-refractivity contribution in [2.75, 3.05) is 18.4 Å². The molecule has 1 amide bonds. The molecule has 1 saturated heterocycles. The van der Waals surface area contributed by atoms with Crippen LogP contribution in [0.4, 0.5) is 5.69 Å². The number of pyridine rings is 1. The van der Waals surface area contributed by atoms with E-state index in [1.165, 1.54) is 0 Å². The van der Waals surface area contributed by atoms with Gasteiger partial charge in [-0.05, 0) is 56.6 Å². The van der Waals surface area contributed by atoms with E-state index in [1.807, 2.05) is 31.2 Å². The standard InChI is InChI=1S/C16H19N3O.2ClH/c1-11-4-5-14(13-3-2-8-18-15(11)13)19-16(20)12-6-9-17-10-7-12;;/h2-5,8,12,17H,6-7,9-10H2,1H3,(H,19,20);2*1H. The molecule has 4 nitrogen and oxygen atoms in total. The Kier molecular flexibility index (Phi) is 7.07. The summed E-state index contributed by atoms with van der Waals surface area (Å²) in [6.07, 6.45) is 3.61. The number of aromatic nitrogens is 1. The highest BCUT2D eigenvalue weighted by molar-refractivity contribution is 6.02. The van der Waals surface area contributed by atoms with Gasteiger partial charge in [0.25, 0.3) is 0 Å². The van der Waals surface area contributed by atoms with Crippen LogP contribution in [0.15, 0.2) is 30.5 Å². The molecule has 1 aliphatic rings. The van der Waals surface area contributed by atoms with Crippen molar-refractivity contribution in [1.29, 1.82) is 0 Å². The minimum absolute atomic E-state index is 0. The number of rotatable bonds is 2. The van der Waals surface area contributed by atoms with Gasteiger partial charge in [-0.15, -0.1) is 24.8 Å². The first-order valence-electron chi connectivity index (χ1n) is 7.11. The van der Waals surface area contributed by atoms with E-state index in [1.54, 1.807) is 6.20 Å². The lowest BCUT2D eigenvalue weighted by Crippen LogP contribution is -2.34. The van der Waals surface area contributed by atoms with E-state index in [-0.39, 0.29) is 36.6 Å². The third-order valence-corrected chi connectivity index (χ3v) is 3.94. The topological polar surface area (TPSA) is 54.0 Å². The Balaban J connectivity index is 0.00000121. The van der Waals surface area contributed by atoms with Crippen molar-refractivity contribution < 1.29 is 4.79 Å². The van der Waals surface area contributed by atoms with Gasteiger partial charge in [-0.3, -0.25) is 9.78 Å². The van der Waals surface area contributed by atoms with Crippen LogP contribution < -0.4 is 10.6 Å². The van der Waals surface area contributed by atoms with E-state index in [2.05, 4.69) is 15.6 Å². The summed E-state index contributed by atoms with van der Waals surface area (Å²) in [5.41, 5.74) is 2.94. The highest BCUT2D eigenvalue weighted by atomic mass is 35.5. The first-order valence-corrected chi connectivity index (χ1v) is 7.11. The second-order valence-corrected chi connectivity index (χ2v) is 5.34. The van der Waals surface area contributed by atoms with Gasteiger partial charge in [0.2, 0.25) is 5.91 Å². The van der Waals surface area contributed by atoms with Gasteiger partial charge < -0.3 is 10.6 Å². The van der Waals surface area contributed by atoms with Gasteiger partial charge >= 0.3 is 0 Å². The molecule has 0 unspecified atom stereocenters. The summed E-state index contributed by atoms with van der Waals surface area (Å²) >= 11 is 0. The number of amides is 1. The molecule has 22 heavy (non-hydrogen) atoms. The van der Waals surface area contributed by atoms with Crippen LogP contribution in [0.5, 0.6) is 0 Å². The highest BCUT2D eigenvalue weighted by Gasteiger charge is 2.21. The zero-order chi connectivity index (χ0) is 13.9. The summed E-state index contributed by atoms with van der Waals surface area (Å²) in [7, 11) is 0. The largest absolute Gasteiger partial charge is 0.325 e. The Morgan fingerprint density at radius 3 is 2.68 bits per heavy atom. The van der Waals surface area contributed by atoms with Gasteiger partial charge in [0, 0.05) is 17.5 Å². The van der Waals surface area contributed by atoms with Crippen molar-refractivity contribution in [1.82, 2.24) is 10.3 Å². The van der Waals surface area contributed by atoms with Crippen LogP contribution in [0.1, 0.15) is 18.4 Å². The average Bonchev–Trinajstić information content (AvgIpc) is 2.51. The third kappa shape index (κ3) is 3.88. The highest BCUT2D eigenvalue weighted by Crippen LogP contribution is 2.25. The van der Waals surface area contributed by atoms with Gasteiger partial charge in [-0.25, -0.2) is 0 Å². The Morgan fingerprint density at radius 1 is 1.23 bits per heavy atom. The van der Waals surface area contributed by atoms with Crippen LogP contribution >= 0.6 is 24.8 Å². The van der Waals surface area contributed by atoms with Crippen molar-refractivity contribution >= 4 is 47.3 Å². The molecule has 2 N–H and O–H groups in total. The van der Waals surface area contributed by atoms with Gasteiger partial charge in [0.15, 0.2) is 0 Å². The predicted molar refractivity (Wildman–Crippen MR) is 95.2 cm³/mol. The second kappa shape index (κ2) is 8.32. The molecule has 120 valence electrons. The van der Waals surface area contributed by atoms with E-state index >= 15 is 0 Å². The Morgan fingerprint density at radius 2 is 1.95 bits per heavy atom. The van der Waals surface area contributed by atoms with Crippen LogP contribution in [-0.4, -0.2) is 24.0 Å². The van der Waals surface area contributed by atoms with Crippen LogP contribution in [0.3, 0.4) is 0 Å². The van der Waals surface area contributed by atoms with E-state index in [4.69, 9.17) is 0 Å². The third-order valence-electron chi connectivity index (χ3n) is 3.94. The lowest BCUT2D eigenvalue weighted by atomic mass is 9.97. The summed E-state index contributed by atoms with van der Waals surface area (Å²) < 4.78 is 0. The Hall–Kier alpha value is -1.36. The number of nitrogens with zero attached hydrogens (tertiary/aromatic N) is 1. The number of hydrogen-bond acceptors (Lipinski definition) is 3. The van der Waals surface area contributed by atoms with Gasteiger partial charge in [-0.2, -0.15) is 0 Å². The SMILES string of the molecule is Cc1ccc(NC(=O)C2CCNCC2)c2cccnc12.Cl.Cl. The van der Waals surface area contributed by atoms with Gasteiger partial charge in [0.1, 0.15) is 0 Å². The first-order chi connectivity index (χ1) is 9.75. The summed E-state index contributed by atoms with van der Waals surface area (Å²) in [5, 5.41) is 7.36. The molecular formula is C16H21Cl2N3O. The Labute approximate surface area is 142 Å². The molecular weight excluding hydrogens is 321 g/mol. The Bertz CT molecular complexity index is 642. The number of benzene rings is 1. The molecule has 3 rings (SSSR count).